The van der Waals surface area contributed by atoms with Crippen molar-refractivity contribution in [1.29, 1.82) is 0 Å². The van der Waals surface area contributed by atoms with Crippen LogP contribution in [-0.2, 0) is 0 Å². The van der Waals surface area contributed by atoms with E-state index in [2.05, 4.69) is 199 Å². The van der Waals surface area contributed by atoms with Crippen LogP contribution in [0.3, 0.4) is 0 Å². The molecule has 10 aromatic rings. The molecule has 2 aromatic heterocycles. The van der Waals surface area contributed by atoms with E-state index in [4.69, 9.17) is 4.42 Å². The van der Waals surface area contributed by atoms with E-state index in [0.29, 0.717) is 5.92 Å². The second kappa shape index (κ2) is 13.0. The molecule has 0 spiro atoms. The van der Waals surface area contributed by atoms with E-state index < -0.39 is 0 Å². The Labute approximate surface area is 323 Å². The Bertz CT molecular complexity index is 3050. The van der Waals surface area contributed by atoms with Crippen LogP contribution in [0.15, 0.2) is 192 Å². The Morgan fingerprint density at radius 1 is 0.545 bits per heavy atom. The van der Waals surface area contributed by atoms with E-state index in [9.17, 15) is 0 Å². The summed E-state index contributed by atoms with van der Waals surface area (Å²) in [5, 5.41) is 5.96. The highest BCUT2D eigenvalue weighted by molar-refractivity contribution is 7.19. The van der Waals surface area contributed by atoms with E-state index >= 15 is 0 Å². The smallest absolute Gasteiger partial charge is 0.160 e. The van der Waals surface area contributed by atoms with Crippen LogP contribution in [0.5, 0.6) is 0 Å². The maximum atomic E-state index is 7.01. The summed E-state index contributed by atoms with van der Waals surface area (Å²) in [6.45, 7) is 0. The van der Waals surface area contributed by atoms with Gasteiger partial charge in [-0.2, -0.15) is 0 Å². The number of furan rings is 1. The summed E-state index contributed by atoms with van der Waals surface area (Å²) in [5.74, 6) is 0.325. The van der Waals surface area contributed by atoms with Crippen molar-refractivity contribution in [2.75, 3.05) is 4.90 Å². The van der Waals surface area contributed by atoms with E-state index in [1.807, 2.05) is 11.3 Å². The molecule has 3 heteroatoms. The first kappa shape index (κ1) is 31.8. The molecule has 0 saturated carbocycles. The minimum Gasteiger partial charge on any atom is -0.454 e. The van der Waals surface area contributed by atoms with Crippen LogP contribution in [0.1, 0.15) is 28.3 Å². The Morgan fingerprint density at radius 2 is 1.18 bits per heavy atom. The molecule has 0 radical (unpaired) electrons. The van der Waals surface area contributed by atoms with Crippen molar-refractivity contribution in [1.82, 2.24) is 0 Å². The number of anilines is 3. The first-order valence-corrected chi connectivity index (χ1v) is 19.8. The number of benzene rings is 8. The van der Waals surface area contributed by atoms with Gasteiger partial charge in [0, 0.05) is 37.6 Å². The van der Waals surface area contributed by atoms with Gasteiger partial charge in [-0.3, -0.25) is 0 Å². The first-order valence-electron chi connectivity index (χ1n) is 18.9. The highest BCUT2D eigenvalue weighted by Gasteiger charge is 2.26. The lowest BCUT2D eigenvalue weighted by Gasteiger charge is -2.27. The van der Waals surface area contributed by atoms with Crippen molar-refractivity contribution in [3.8, 4) is 22.3 Å². The summed E-state index contributed by atoms with van der Waals surface area (Å²) >= 11 is 1.94. The fraction of sp³-hybridized carbons (Fsp3) is 0.0385. The summed E-state index contributed by atoms with van der Waals surface area (Å²) in [6.07, 6.45) is 5.66. The molecular weight excluding hydrogens is 687 g/mol. The van der Waals surface area contributed by atoms with Gasteiger partial charge >= 0.3 is 0 Å². The Kier molecular flexibility index (Phi) is 7.53. The molecule has 8 aromatic carbocycles. The van der Waals surface area contributed by atoms with Gasteiger partial charge in [0.05, 0.1) is 5.69 Å². The molecule has 1 aliphatic carbocycles. The molecule has 0 saturated heterocycles. The third-order valence-corrected chi connectivity index (χ3v) is 12.5. The molecule has 0 N–H and O–H groups in total. The zero-order valence-electron chi connectivity index (χ0n) is 30.0. The quantitative estimate of drug-likeness (QED) is 0.170. The summed E-state index contributed by atoms with van der Waals surface area (Å²) in [6, 6.07) is 65.8. The third-order valence-electron chi connectivity index (χ3n) is 11.2. The van der Waals surface area contributed by atoms with Crippen LogP contribution in [0, 0.1) is 0 Å². The Balaban J connectivity index is 1.10. The van der Waals surface area contributed by atoms with Crippen molar-refractivity contribution in [2.45, 2.75) is 12.3 Å². The molecule has 2 nitrogen and oxygen atoms in total. The van der Waals surface area contributed by atoms with Gasteiger partial charge in [-0.15, -0.1) is 11.3 Å². The minimum absolute atomic E-state index is 0.325. The molecule has 55 heavy (non-hydrogen) atoms. The molecule has 11 rings (SSSR count). The molecule has 1 aliphatic rings. The highest BCUT2D eigenvalue weighted by atomic mass is 32.1. The molecule has 2 heterocycles. The van der Waals surface area contributed by atoms with Crippen LogP contribution in [0.25, 0.3) is 71.1 Å². The van der Waals surface area contributed by atoms with Gasteiger partial charge in [0.1, 0.15) is 5.58 Å². The van der Waals surface area contributed by atoms with E-state index in [-0.39, 0.29) is 0 Å². The highest BCUT2D eigenvalue weighted by Crippen LogP contribution is 2.48. The second-order valence-corrected chi connectivity index (χ2v) is 15.5. The van der Waals surface area contributed by atoms with Gasteiger partial charge in [-0.1, -0.05) is 146 Å². The van der Waals surface area contributed by atoms with Gasteiger partial charge in [-0.05, 0) is 104 Å². The lowest BCUT2D eigenvalue weighted by Crippen LogP contribution is -2.11. The number of hydrogen-bond acceptors (Lipinski definition) is 3. The molecule has 1 atom stereocenters. The monoisotopic (exact) mass is 721 g/mol. The number of fused-ring (bicyclic) bond motifs is 7. The van der Waals surface area contributed by atoms with Crippen LogP contribution in [0.2, 0.25) is 0 Å². The van der Waals surface area contributed by atoms with Crippen molar-refractivity contribution in [3.05, 3.63) is 204 Å². The average Bonchev–Trinajstić information content (AvgIpc) is 3.83. The summed E-state index contributed by atoms with van der Waals surface area (Å²) in [7, 11) is 0. The van der Waals surface area contributed by atoms with Gasteiger partial charge < -0.3 is 9.32 Å². The van der Waals surface area contributed by atoms with Gasteiger partial charge in [0.25, 0.3) is 0 Å². The zero-order valence-corrected chi connectivity index (χ0v) is 30.8. The first-order chi connectivity index (χ1) is 27.3. The lowest BCUT2D eigenvalue weighted by molar-refractivity contribution is 0.669. The molecule has 0 aliphatic heterocycles. The molecule has 0 bridgehead atoms. The van der Waals surface area contributed by atoms with E-state index in [1.54, 1.807) is 0 Å². The third kappa shape index (κ3) is 5.39. The molecule has 260 valence electrons. The Morgan fingerprint density at radius 3 is 1.95 bits per heavy atom. The van der Waals surface area contributed by atoms with Crippen molar-refractivity contribution in [2.24, 2.45) is 0 Å². The standard InChI is InChI=1S/C52H35NOS/c1-3-12-34(13-4-1)35-22-26-40(27-23-35)53(41-28-24-37(25-29-41)43-19-11-20-45-44-18-9-10-21-49(44)55-52(43)45)47-31-30-42(36-14-5-2-6-15-36)50-46-32-38-16-7-8-17-39(38)33-48(46)54-51(47)50/h1-18,20-33,43H,19H2. The van der Waals surface area contributed by atoms with Crippen molar-refractivity contribution in [3.63, 3.8) is 0 Å². The summed E-state index contributed by atoms with van der Waals surface area (Å²) in [4.78, 5) is 3.82. The lowest BCUT2D eigenvalue weighted by atomic mass is 9.87. The van der Waals surface area contributed by atoms with Crippen LogP contribution < -0.4 is 4.90 Å². The van der Waals surface area contributed by atoms with Gasteiger partial charge in [0.15, 0.2) is 5.58 Å². The second-order valence-electron chi connectivity index (χ2n) is 14.4. The normalized spacial score (nSPS) is 13.9. The number of rotatable bonds is 6. The maximum Gasteiger partial charge on any atom is 0.160 e. The maximum absolute atomic E-state index is 7.01. The predicted molar refractivity (Wildman–Crippen MR) is 234 cm³/mol. The number of allylic oxidation sites excluding steroid dienone is 1. The molecule has 0 fully saturated rings. The predicted octanol–water partition coefficient (Wildman–Crippen LogP) is 15.3. The largest absolute Gasteiger partial charge is 0.454 e. The number of nitrogens with zero attached hydrogens (tertiary/aromatic N) is 1. The topological polar surface area (TPSA) is 16.4 Å². The van der Waals surface area contributed by atoms with Gasteiger partial charge in [-0.25, -0.2) is 0 Å². The molecular formula is C52H35NOS. The van der Waals surface area contributed by atoms with Crippen LogP contribution in [0.4, 0.5) is 17.1 Å². The van der Waals surface area contributed by atoms with Gasteiger partial charge in [0.2, 0.25) is 0 Å². The van der Waals surface area contributed by atoms with Crippen molar-refractivity contribution >= 4 is 77.3 Å². The van der Waals surface area contributed by atoms with Crippen LogP contribution in [-0.4, -0.2) is 0 Å². The fourth-order valence-electron chi connectivity index (χ4n) is 8.53. The minimum atomic E-state index is 0.325. The average molecular weight is 722 g/mol. The fourth-order valence-corrected chi connectivity index (χ4v) is 9.87. The van der Waals surface area contributed by atoms with E-state index in [1.165, 1.54) is 53.6 Å². The summed E-state index contributed by atoms with van der Waals surface area (Å²) < 4.78 is 8.36. The number of thiophene rings is 1. The summed E-state index contributed by atoms with van der Waals surface area (Å²) in [5.41, 5.74) is 12.3. The molecule has 1 unspecified atom stereocenters. The van der Waals surface area contributed by atoms with Crippen LogP contribution >= 0.6 is 11.3 Å². The number of hydrogen-bond donors (Lipinski definition) is 0. The molecule has 0 amide bonds. The van der Waals surface area contributed by atoms with Crippen molar-refractivity contribution < 1.29 is 4.42 Å². The SMILES string of the molecule is C1=Cc2c(sc3ccccc23)C(c2ccc(N(c3ccc(-c4ccccc4)cc3)c3ccc(-c4ccccc4)c4c3oc3cc5ccccc5cc34)cc2)C1. The Hall–Kier alpha value is -6.68. The zero-order chi connectivity index (χ0) is 36.3. The van der Waals surface area contributed by atoms with E-state index in [0.717, 1.165) is 51.0 Å².